The Morgan fingerprint density at radius 2 is 1.88 bits per heavy atom. The number of imidazole rings is 1. The highest BCUT2D eigenvalue weighted by Crippen LogP contribution is 2.51. The molecule has 0 atom stereocenters. The van der Waals surface area contributed by atoms with Gasteiger partial charge in [-0.15, -0.1) is 9.78 Å². The number of nitrogens with zero attached hydrogens (tertiary/aromatic N) is 8. The van der Waals surface area contributed by atoms with Crippen LogP contribution in [0, 0.1) is 11.5 Å². The number of nitriles is 1. The van der Waals surface area contributed by atoms with Gasteiger partial charge in [0.2, 0.25) is 6.19 Å². The van der Waals surface area contributed by atoms with Crippen molar-refractivity contribution in [2.75, 3.05) is 7.11 Å². The van der Waals surface area contributed by atoms with Crippen LogP contribution in [0.4, 0.5) is 0 Å². The van der Waals surface area contributed by atoms with Gasteiger partial charge in [-0.2, -0.15) is 5.26 Å². The molecule has 33 heavy (non-hydrogen) atoms. The number of methoxy groups -OCH3 is 1. The Balaban J connectivity index is 1.66. The molecule has 0 N–H and O–H groups in total. The van der Waals surface area contributed by atoms with E-state index in [1.54, 1.807) is 28.6 Å². The molecule has 0 amide bonds. The molecule has 0 bridgehead atoms. The Kier molecular flexibility index (Phi) is 4.15. The molecule has 1 fully saturated rings. The fraction of sp³-hybridized carbons (Fsp3) is 0.217. The van der Waals surface area contributed by atoms with Crippen molar-refractivity contribution in [3.63, 3.8) is 0 Å². The number of rotatable bonds is 5. The van der Waals surface area contributed by atoms with Gasteiger partial charge in [-0.05, 0) is 37.1 Å². The zero-order valence-corrected chi connectivity index (χ0v) is 17.7. The molecular weight excluding hydrogens is 420 g/mol. The number of para-hydroxylation sites is 2. The molecule has 0 saturated heterocycles. The van der Waals surface area contributed by atoms with Crippen LogP contribution in [0.3, 0.4) is 0 Å². The van der Waals surface area contributed by atoms with Gasteiger partial charge in [-0.3, -0.25) is 18.7 Å². The summed E-state index contributed by atoms with van der Waals surface area (Å²) in [5.41, 5.74) is 3.13. The Morgan fingerprint density at radius 3 is 2.58 bits per heavy atom. The van der Waals surface area contributed by atoms with Gasteiger partial charge in [0.1, 0.15) is 34.5 Å². The fourth-order valence-electron chi connectivity index (χ4n) is 4.42. The van der Waals surface area contributed by atoms with Gasteiger partial charge in [0.25, 0.3) is 5.56 Å². The molecule has 1 aliphatic carbocycles. The largest absolute Gasteiger partial charge is 0.372 e. The monoisotopic (exact) mass is 438 g/mol. The lowest BCUT2D eigenvalue weighted by Crippen LogP contribution is -2.24. The number of fused-ring (bicyclic) bond motifs is 3. The quantitative estimate of drug-likeness (QED) is 0.413. The van der Waals surface area contributed by atoms with Crippen molar-refractivity contribution in [1.29, 1.82) is 5.26 Å². The van der Waals surface area contributed by atoms with Gasteiger partial charge >= 0.3 is 0 Å². The lowest BCUT2D eigenvalue weighted by Gasteiger charge is -2.14. The number of hydrogen-bond acceptors (Lipinski definition) is 7. The number of benzene rings is 1. The van der Waals surface area contributed by atoms with Crippen LogP contribution in [0.15, 0.2) is 59.8 Å². The molecule has 0 radical (unpaired) electrons. The van der Waals surface area contributed by atoms with E-state index in [2.05, 4.69) is 20.3 Å². The topological polar surface area (TPSA) is 116 Å². The Hall–Kier alpha value is -4.36. The van der Waals surface area contributed by atoms with Gasteiger partial charge in [0, 0.05) is 13.3 Å². The molecule has 0 aliphatic heterocycles. The van der Waals surface area contributed by atoms with Crippen LogP contribution in [-0.4, -0.2) is 41.0 Å². The van der Waals surface area contributed by atoms with Gasteiger partial charge in [-0.1, -0.05) is 23.4 Å². The maximum Gasteiger partial charge on any atom is 0.278 e. The summed E-state index contributed by atoms with van der Waals surface area (Å²) in [6.07, 6.45) is 6.83. The minimum Gasteiger partial charge on any atom is -0.372 e. The minimum absolute atomic E-state index is 0.230. The van der Waals surface area contributed by atoms with Crippen LogP contribution in [-0.2, 0) is 16.9 Å². The molecule has 1 saturated carbocycles. The third-order valence-electron chi connectivity index (χ3n) is 6.21. The van der Waals surface area contributed by atoms with E-state index in [-0.39, 0.29) is 5.56 Å². The summed E-state index contributed by atoms with van der Waals surface area (Å²) in [6, 6.07) is 13.3. The van der Waals surface area contributed by atoms with Gasteiger partial charge in [0.05, 0.1) is 23.3 Å². The second-order valence-corrected chi connectivity index (χ2v) is 8.01. The second-order valence-electron chi connectivity index (χ2n) is 8.01. The van der Waals surface area contributed by atoms with E-state index in [1.165, 1.54) is 0 Å². The molecule has 6 rings (SSSR count). The summed E-state index contributed by atoms with van der Waals surface area (Å²) in [4.78, 5) is 22.8. The standard InChI is InChI=1S/C23H18N8O2/c1-33-23(9-10-23)21-19(27-28-31(21)13-24)18-20-22(32)29(12-15-6-4-5-11-25-15)16-7-2-3-8-17(16)30(20)14-26-18/h2-8,11,14H,9-10,12H2,1H3. The summed E-state index contributed by atoms with van der Waals surface area (Å²) in [6.45, 7) is 0.307. The average Bonchev–Trinajstić information content (AvgIpc) is 3.32. The normalized spacial score (nSPS) is 14.5. The Morgan fingerprint density at radius 1 is 1.09 bits per heavy atom. The number of aromatic nitrogens is 7. The molecule has 10 nitrogen and oxygen atoms in total. The summed E-state index contributed by atoms with van der Waals surface area (Å²) in [7, 11) is 1.60. The van der Waals surface area contributed by atoms with Crippen LogP contribution in [0.25, 0.3) is 27.9 Å². The molecule has 1 aromatic carbocycles. The first-order valence-electron chi connectivity index (χ1n) is 10.5. The zero-order chi connectivity index (χ0) is 22.6. The first kappa shape index (κ1) is 19.3. The van der Waals surface area contributed by atoms with E-state index in [1.807, 2.05) is 48.7 Å². The highest BCUT2D eigenvalue weighted by Gasteiger charge is 2.50. The van der Waals surface area contributed by atoms with Crippen molar-refractivity contribution in [2.24, 2.45) is 0 Å². The molecule has 5 aromatic rings. The van der Waals surface area contributed by atoms with E-state index < -0.39 is 5.60 Å². The lowest BCUT2D eigenvalue weighted by atomic mass is 10.1. The van der Waals surface area contributed by atoms with Gasteiger partial charge < -0.3 is 4.74 Å². The van der Waals surface area contributed by atoms with Gasteiger partial charge in [0.15, 0.2) is 0 Å². The average molecular weight is 438 g/mol. The Bertz CT molecular complexity index is 1620. The SMILES string of the molecule is COC1(c2c(-c3ncn4c3c(=O)n(Cc3ccccn3)c3ccccc34)nnn2C#N)CC1. The molecule has 1 aliphatic rings. The van der Waals surface area contributed by atoms with Crippen molar-refractivity contribution in [1.82, 2.24) is 33.9 Å². The van der Waals surface area contributed by atoms with Crippen LogP contribution < -0.4 is 5.56 Å². The highest BCUT2D eigenvalue weighted by molar-refractivity contribution is 5.85. The zero-order valence-electron chi connectivity index (χ0n) is 17.7. The van der Waals surface area contributed by atoms with E-state index in [0.29, 0.717) is 29.1 Å². The van der Waals surface area contributed by atoms with E-state index in [0.717, 1.165) is 34.3 Å². The molecular formula is C23H18N8O2. The maximum absolute atomic E-state index is 13.8. The summed E-state index contributed by atoms with van der Waals surface area (Å²) in [5, 5.41) is 17.8. The molecule has 4 heterocycles. The lowest BCUT2D eigenvalue weighted by molar-refractivity contribution is 0.0736. The highest BCUT2D eigenvalue weighted by atomic mass is 16.5. The number of hydrogen-bond donors (Lipinski definition) is 0. The third-order valence-corrected chi connectivity index (χ3v) is 6.21. The predicted molar refractivity (Wildman–Crippen MR) is 118 cm³/mol. The van der Waals surface area contributed by atoms with Crippen molar-refractivity contribution in [3.8, 4) is 17.6 Å². The summed E-state index contributed by atoms with van der Waals surface area (Å²) < 4.78 is 10.3. The molecule has 0 spiro atoms. The van der Waals surface area contributed by atoms with Crippen LogP contribution in [0.5, 0.6) is 0 Å². The van der Waals surface area contributed by atoms with E-state index in [9.17, 15) is 10.1 Å². The van der Waals surface area contributed by atoms with Gasteiger partial charge in [-0.25, -0.2) is 4.98 Å². The maximum atomic E-state index is 13.8. The smallest absolute Gasteiger partial charge is 0.278 e. The third kappa shape index (κ3) is 2.79. The summed E-state index contributed by atoms with van der Waals surface area (Å²) in [5.74, 6) is 0. The van der Waals surface area contributed by atoms with Crippen LogP contribution >= 0.6 is 0 Å². The van der Waals surface area contributed by atoms with E-state index in [4.69, 9.17) is 4.74 Å². The van der Waals surface area contributed by atoms with Crippen LogP contribution in [0.1, 0.15) is 24.2 Å². The molecule has 4 aromatic heterocycles. The first-order chi connectivity index (χ1) is 16.2. The molecule has 0 unspecified atom stereocenters. The van der Waals surface area contributed by atoms with Crippen molar-refractivity contribution in [2.45, 2.75) is 25.0 Å². The Labute approximate surface area is 187 Å². The van der Waals surface area contributed by atoms with Crippen molar-refractivity contribution in [3.05, 3.63) is 76.7 Å². The fourth-order valence-corrected chi connectivity index (χ4v) is 4.42. The molecule has 162 valence electrons. The van der Waals surface area contributed by atoms with Crippen molar-refractivity contribution < 1.29 is 4.74 Å². The number of pyridine rings is 1. The van der Waals surface area contributed by atoms with E-state index >= 15 is 0 Å². The summed E-state index contributed by atoms with van der Waals surface area (Å²) >= 11 is 0. The predicted octanol–water partition coefficient (Wildman–Crippen LogP) is 2.32. The first-order valence-corrected chi connectivity index (χ1v) is 10.5. The second kappa shape index (κ2) is 7.08. The van der Waals surface area contributed by atoms with Crippen LogP contribution in [0.2, 0.25) is 0 Å². The van der Waals surface area contributed by atoms with Crippen molar-refractivity contribution >= 4 is 16.6 Å². The minimum atomic E-state index is -0.645. The molecule has 10 heteroatoms. The number of ether oxygens (including phenoxy) is 1.